The third kappa shape index (κ3) is 3.71. The van der Waals surface area contributed by atoms with Crippen LogP contribution in [0.3, 0.4) is 0 Å². The summed E-state index contributed by atoms with van der Waals surface area (Å²) < 4.78 is 7.28. The van der Waals surface area contributed by atoms with E-state index < -0.39 is 0 Å². The summed E-state index contributed by atoms with van der Waals surface area (Å²) in [5.74, 6) is 3.18. The minimum atomic E-state index is 0.371. The van der Waals surface area contributed by atoms with Crippen LogP contribution in [-0.4, -0.2) is 27.9 Å². The Hall–Kier alpha value is -2.04. The van der Waals surface area contributed by atoms with Crippen molar-refractivity contribution in [1.29, 1.82) is 0 Å². The number of hydrogen-bond donors (Lipinski definition) is 1. The molecule has 24 heavy (non-hydrogen) atoms. The van der Waals surface area contributed by atoms with E-state index in [1.165, 1.54) is 32.1 Å². The Morgan fingerprint density at radius 1 is 1.21 bits per heavy atom. The predicted octanol–water partition coefficient (Wildman–Crippen LogP) is 4.53. The Balaban J connectivity index is 1.94. The molecule has 1 aromatic heterocycles. The summed E-state index contributed by atoms with van der Waals surface area (Å²) >= 11 is 0. The number of nitrogens with one attached hydrogen (secondary N) is 1. The zero-order valence-electron chi connectivity index (χ0n) is 15.0. The lowest BCUT2D eigenvalue weighted by molar-refractivity contribution is 0.414. The lowest BCUT2D eigenvalue weighted by Gasteiger charge is -2.21. The Labute approximate surface area is 144 Å². The van der Waals surface area contributed by atoms with Crippen molar-refractivity contribution >= 4 is 5.95 Å². The monoisotopic (exact) mass is 328 g/mol. The summed E-state index contributed by atoms with van der Waals surface area (Å²) in [6.07, 6.45) is 7.37. The van der Waals surface area contributed by atoms with Gasteiger partial charge in [0.1, 0.15) is 11.6 Å². The molecule has 1 N–H and O–H groups in total. The van der Waals surface area contributed by atoms with Crippen LogP contribution in [0.25, 0.3) is 5.69 Å². The zero-order chi connectivity index (χ0) is 16.9. The number of hydrogen-bond acceptors (Lipinski definition) is 4. The first-order chi connectivity index (χ1) is 11.7. The molecule has 3 rings (SSSR count). The molecule has 0 spiro atoms. The fraction of sp³-hybridized carbons (Fsp3) is 0.579. The van der Waals surface area contributed by atoms with Gasteiger partial charge >= 0.3 is 0 Å². The van der Waals surface area contributed by atoms with E-state index in [4.69, 9.17) is 14.8 Å². The van der Waals surface area contributed by atoms with Crippen LogP contribution in [0, 0.1) is 0 Å². The van der Waals surface area contributed by atoms with Gasteiger partial charge in [0.15, 0.2) is 0 Å². The minimum absolute atomic E-state index is 0.371. The lowest BCUT2D eigenvalue weighted by atomic mass is 9.88. The van der Waals surface area contributed by atoms with Crippen molar-refractivity contribution in [3.8, 4) is 11.4 Å². The van der Waals surface area contributed by atoms with Gasteiger partial charge in [-0.2, -0.15) is 4.98 Å². The fourth-order valence-corrected chi connectivity index (χ4v) is 3.25. The van der Waals surface area contributed by atoms with Gasteiger partial charge in [-0.15, -0.1) is 5.10 Å². The number of anilines is 1. The van der Waals surface area contributed by atoms with Crippen LogP contribution in [0.1, 0.15) is 64.1 Å². The maximum atomic E-state index is 5.27. The van der Waals surface area contributed by atoms with Crippen molar-refractivity contribution in [3.63, 3.8) is 0 Å². The van der Waals surface area contributed by atoms with Crippen LogP contribution in [0.4, 0.5) is 5.95 Å². The normalized spacial score (nSPS) is 16.8. The van der Waals surface area contributed by atoms with E-state index in [0.29, 0.717) is 12.0 Å². The Morgan fingerprint density at radius 3 is 2.54 bits per heavy atom. The highest BCUT2D eigenvalue weighted by Gasteiger charge is 2.23. The second kappa shape index (κ2) is 7.69. The summed E-state index contributed by atoms with van der Waals surface area (Å²) in [6.45, 7) is 4.33. The maximum absolute atomic E-state index is 5.27. The number of aromatic nitrogens is 3. The molecule has 1 unspecified atom stereocenters. The van der Waals surface area contributed by atoms with Crippen molar-refractivity contribution in [2.45, 2.75) is 64.3 Å². The van der Waals surface area contributed by atoms with Crippen LogP contribution in [0.15, 0.2) is 24.3 Å². The van der Waals surface area contributed by atoms with Crippen LogP contribution >= 0.6 is 0 Å². The van der Waals surface area contributed by atoms with Crippen molar-refractivity contribution in [2.24, 2.45) is 0 Å². The van der Waals surface area contributed by atoms with Crippen LogP contribution in [0.5, 0.6) is 5.75 Å². The van der Waals surface area contributed by atoms with Gasteiger partial charge in [0.2, 0.25) is 5.95 Å². The summed E-state index contributed by atoms with van der Waals surface area (Å²) in [5.41, 5.74) is 1.04. The molecule has 1 fully saturated rings. The fourth-order valence-electron chi connectivity index (χ4n) is 3.25. The average Bonchev–Trinajstić information content (AvgIpc) is 3.06. The molecule has 1 aliphatic rings. The lowest BCUT2D eigenvalue weighted by Crippen LogP contribution is -2.14. The minimum Gasteiger partial charge on any atom is -0.497 e. The molecule has 1 aliphatic carbocycles. The first kappa shape index (κ1) is 16.8. The predicted molar refractivity (Wildman–Crippen MR) is 97.1 cm³/mol. The molecule has 0 saturated heterocycles. The third-order valence-corrected chi connectivity index (χ3v) is 4.91. The van der Waals surface area contributed by atoms with Crippen LogP contribution < -0.4 is 10.1 Å². The van der Waals surface area contributed by atoms with Gasteiger partial charge < -0.3 is 10.1 Å². The first-order valence-electron chi connectivity index (χ1n) is 9.09. The largest absolute Gasteiger partial charge is 0.497 e. The molecule has 1 atom stereocenters. The van der Waals surface area contributed by atoms with Gasteiger partial charge in [0.25, 0.3) is 0 Å². The van der Waals surface area contributed by atoms with E-state index in [-0.39, 0.29) is 0 Å². The number of methoxy groups -OCH3 is 1. The standard InChI is InChI=1S/C19H28N4O/c1-4-14(2)20-19-21-18(15-8-6-5-7-9-15)23(22-19)16-10-12-17(24-3)13-11-16/h10-15H,4-9H2,1-3H3,(H,20,22). The van der Waals surface area contributed by atoms with Gasteiger partial charge in [0, 0.05) is 12.0 Å². The molecular formula is C19H28N4O. The molecule has 0 radical (unpaired) electrons. The van der Waals surface area contributed by atoms with Gasteiger partial charge in [0.05, 0.1) is 12.8 Å². The second-order valence-electron chi connectivity index (χ2n) is 6.69. The highest BCUT2D eigenvalue weighted by atomic mass is 16.5. The van der Waals surface area contributed by atoms with Gasteiger partial charge in [-0.1, -0.05) is 26.2 Å². The van der Waals surface area contributed by atoms with Crippen LogP contribution in [-0.2, 0) is 0 Å². The highest BCUT2D eigenvalue weighted by molar-refractivity contribution is 5.40. The zero-order valence-corrected chi connectivity index (χ0v) is 15.0. The molecule has 0 bridgehead atoms. The molecule has 130 valence electrons. The molecule has 1 saturated carbocycles. The Bertz CT molecular complexity index is 644. The third-order valence-electron chi connectivity index (χ3n) is 4.91. The Kier molecular flexibility index (Phi) is 5.38. The molecular weight excluding hydrogens is 300 g/mol. The molecule has 0 amide bonds. The van der Waals surface area contributed by atoms with Crippen molar-refractivity contribution < 1.29 is 4.74 Å². The van der Waals surface area contributed by atoms with E-state index in [9.17, 15) is 0 Å². The molecule has 1 aromatic carbocycles. The summed E-state index contributed by atoms with van der Waals surface area (Å²) in [4.78, 5) is 4.85. The van der Waals surface area contributed by atoms with Crippen molar-refractivity contribution in [1.82, 2.24) is 14.8 Å². The van der Waals surface area contributed by atoms with E-state index in [0.717, 1.165) is 29.6 Å². The van der Waals surface area contributed by atoms with Gasteiger partial charge in [-0.25, -0.2) is 4.68 Å². The highest BCUT2D eigenvalue weighted by Crippen LogP contribution is 2.33. The second-order valence-corrected chi connectivity index (χ2v) is 6.69. The van der Waals surface area contributed by atoms with E-state index in [1.54, 1.807) is 7.11 Å². The van der Waals surface area contributed by atoms with Gasteiger partial charge in [-0.3, -0.25) is 0 Å². The Morgan fingerprint density at radius 2 is 1.92 bits per heavy atom. The van der Waals surface area contributed by atoms with Gasteiger partial charge in [-0.05, 0) is 50.5 Å². The van der Waals surface area contributed by atoms with E-state index in [1.807, 2.05) is 28.9 Å². The summed E-state index contributed by atoms with van der Waals surface area (Å²) in [5, 5.41) is 8.17. The smallest absolute Gasteiger partial charge is 0.243 e. The number of rotatable bonds is 6. The molecule has 1 heterocycles. The summed E-state index contributed by atoms with van der Waals surface area (Å²) in [6, 6.07) is 8.42. The maximum Gasteiger partial charge on any atom is 0.243 e. The van der Waals surface area contributed by atoms with Crippen LogP contribution in [0.2, 0.25) is 0 Å². The number of nitrogens with zero attached hydrogens (tertiary/aromatic N) is 3. The summed E-state index contributed by atoms with van der Waals surface area (Å²) in [7, 11) is 1.69. The van der Waals surface area contributed by atoms with Crippen molar-refractivity contribution in [2.75, 3.05) is 12.4 Å². The molecule has 5 heteroatoms. The molecule has 0 aliphatic heterocycles. The first-order valence-corrected chi connectivity index (χ1v) is 9.09. The quantitative estimate of drug-likeness (QED) is 0.846. The number of benzene rings is 1. The van der Waals surface area contributed by atoms with E-state index >= 15 is 0 Å². The number of ether oxygens (including phenoxy) is 1. The molecule has 2 aromatic rings. The van der Waals surface area contributed by atoms with E-state index in [2.05, 4.69) is 19.2 Å². The SMILES string of the molecule is CCC(C)Nc1nc(C2CCCCC2)n(-c2ccc(OC)cc2)n1. The molecule has 5 nitrogen and oxygen atoms in total. The van der Waals surface area contributed by atoms with Crippen molar-refractivity contribution in [3.05, 3.63) is 30.1 Å². The topological polar surface area (TPSA) is 52.0 Å². The average molecular weight is 328 g/mol.